The molecule has 0 spiro atoms. The minimum absolute atomic E-state index is 0.0409. The van der Waals surface area contributed by atoms with Gasteiger partial charge >= 0.3 is 12.1 Å². The number of unbranched alkanes of at least 4 members (excludes halogenated alkanes) is 1. The van der Waals surface area contributed by atoms with Crippen LogP contribution in [0.4, 0.5) is 4.79 Å². The Morgan fingerprint density at radius 3 is 2.34 bits per heavy atom. The van der Waals surface area contributed by atoms with E-state index in [2.05, 4.69) is 34.9 Å². The van der Waals surface area contributed by atoms with Crippen LogP contribution in [0.15, 0.2) is 48.5 Å². The van der Waals surface area contributed by atoms with E-state index >= 15 is 0 Å². The van der Waals surface area contributed by atoms with E-state index in [-0.39, 0.29) is 38.1 Å². The molecule has 1 fully saturated rings. The summed E-state index contributed by atoms with van der Waals surface area (Å²) in [4.78, 5) is 36.6. The monoisotopic (exact) mass is 480 g/mol. The van der Waals surface area contributed by atoms with E-state index in [0.29, 0.717) is 6.42 Å². The third-order valence-corrected chi connectivity index (χ3v) is 6.75. The number of benzene rings is 2. The fraction of sp³-hybridized carbons (Fsp3) is 0.444. The number of rotatable bonds is 10. The summed E-state index contributed by atoms with van der Waals surface area (Å²) in [6.07, 6.45) is 1.87. The predicted molar refractivity (Wildman–Crippen MR) is 130 cm³/mol. The fourth-order valence-corrected chi connectivity index (χ4v) is 4.91. The molecular weight excluding hydrogens is 448 g/mol. The summed E-state index contributed by atoms with van der Waals surface area (Å²) in [5.41, 5.74) is 4.58. The van der Waals surface area contributed by atoms with Crippen molar-refractivity contribution < 1.29 is 29.0 Å². The van der Waals surface area contributed by atoms with Crippen LogP contribution in [0, 0.1) is 5.92 Å². The SMILES string of the molecule is CCCC[C@@H](CC(=O)NC1COCC1C(=O)O)NC(=O)OCC1c2ccccc2-c2ccccc21. The highest BCUT2D eigenvalue weighted by Gasteiger charge is 2.35. The number of hydrogen-bond acceptors (Lipinski definition) is 5. The second-order valence-corrected chi connectivity index (χ2v) is 9.17. The Kier molecular flexibility index (Phi) is 8.02. The molecule has 0 bridgehead atoms. The largest absolute Gasteiger partial charge is 0.481 e. The Morgan fingerprint density at radius 1 is 1.06 bits per heavy atom. The van der Waals surface area contributed by atoms with Crippen LogP contribution in [0.2, 0.25) is 0 Å². The van der Waals surface area contributed by atoms with E-state index < -0.39 is 30.1 Å². The average molecular weight is 481 g/mol. The molecule has 35 heavy (non-hydrogen) atoms. The topological polar surface area (TPSA) is 114 Å². The molecule has 1 aliphatic carbocycles. The molecule has 0 saturated carbocycles. The standard InChI is InChI=1S/C27H32N2O6/c1-2-3-8-17(13-25(30)29-24-16-34-14-23(24)26(31)32)28-27(33)35-15-22-20-11-6-4-9-18(20)19-10-5-7-12-21(19)22/h4-7,9-12,17,22-24H,2-3,8,13-16H2,1H3,(H,28,33)(H,29,30)(H,31,32)/t17-,23?,24?/m0/s1. The Bertz CT molecular complexity index is 1030. The van der Waals surface area contributed by atoms with Gasteiger partial charge in [-0.2, -0.15) is 0 Å². The van der Waals surface area contributed by atoms with Gasteiger partial charge in [-0.15, -0.1) is 0 Å². The molecule has 2 amide bonds. The van der Waals surface area contributed by atoms with Gasteiger partial charge in [-0.1, -0.05) is 68.3 Å². The van der Waals surface area contributed by atoms with Crippen molar-refractivity contribution >= 4 is 18.0 Å². The van der Waals surface area contributed by atoms with Crippen molar-refractivity contribution in [3.05, 3.63) is 59.7 Å². The molecule has 2 aromatic carbocycles. The Balaban J connectivity index is 1.34. The highest BCUT2D eigenvalue weighted by molar-refractivity contribution is 5.80. The molecule has 2 unspecified atom stereocenters. The van der Waals surface area contributed by atoms with Gasteiger partial charge in [-0.25, -0.2) is 4.79 Å². The van der Waals surface area contributed by atoms with E-state index in [1.807, 2.05) is 31.2 Å². The van der Waals surface area contributed by atoms with E-state index in [1.54, 1.807) is 0 Å². The Morgan fingerprint density at radius 2 is 1.71 bits per heavy atom. The Labute approximate surface area is 205 Å². The van der Waals surface area contributed by atoms with E-state index in [9.17, 15) is 19.5 Å². The number of carboxylic acids is 1. The smallest absolute Gasteiger partial charge is 0.407 e. The van der Waals surface area contributed by atoms with Crippen LogP contribution in [0.25, 0.3) is 11.1 Å². The first-order chi connectivity index (χ1) is 17.0. The van der Waals surface area contributed by atoms with Crippen LogP contribution >= 0.6 is 0 Å². The van der Waals surface area contributed by atoms with Gasteiger partial charge in [0.15, 0.2) is 0 Å². The van der Waals surface area contributed by atoms with Gasteiger partial charge in [0.05, 0.1) is 19.3 Å². The molecule has 2 aliphatic rings. The van der Waals surface area contributed by atoms with E-state index in [0.717, 1.165) is 35.1 Å². The lowest BCUT2D eigenvalue weighted by atomic mass is 9.98. The molecule has 2 aromatic rings. The number of alkyl carbamates (subject to hydrolysis) is 1. The van der Waals surface area contributed by atoms with Crippen LogP contribution in [0.3, 0.4) is 0 Å². The van der Waals surface area contributed by atoms with Crippen molar-refractivity contribution in [2.75, 3.05) is 19.8 Å². The zero-order valence-corrected chi connectivity index (χ0v) is 19.9. The molecule has 4 rings (SSSR count). The maximum atomic E-state index is 12.7. The van der Waals surface area contributed by atoms with Gasteiger partial charge < -0.3 is 25.2 Å². The summed E-state index contributed by atoms with van der Waals surface area (Å²) in [6, 6.07) is 15.3. The van der Waals surface area contributed by atoms with Crippen LogP contribution in [-0.2, 0) is 19.1 Å². The number of carboxylic acid groups (broad SMARTS) is 1. The lowest BCUT2D eigenvalue weighted by Gasteiger charge is -2.21. The maximum absolute atomic E-state index is 12.7. The third kappa shape index (κ3) is 5.82. The van der Waals surface area contributed by atoms with Crippen LogP contribution in [-0.4, -0.2) is 55.0 Å². The summed E-state index contributed by atoms with van der Waals surface area (Å²) >= 11 is 0. The Hall–Kier alpha value is -3.39. The van der Waals surface area contributed by atoms with Crippen LogP contribution < -0.4 is 10.6 Å². The summed E-state index contributed by atoms with van der Waals surface area (Å²) in [6.45, 7) is 2.49. The molecule has 8 heteroatoms. The average Bonchev–Trinajstić information content (AvgIpc) is 3.44. The van der Waals surface area contributed by atoms with Gasteiger partial charge in [0.25, 0.3) is 0 Å². The second kappa shape index (κ2) is 11.4. The fourth-order valence-electron chi connectivity index (χ4n) is 4.91. The number of fused-ring (bicyclic) bond motifs is 3. The molecule has 0 radical (unpaired) electrons. The van der Waals surface area contributed by atoms with Crippen LogP contribution in [0.5, 0.6) is 0 Å². The van der Waals surface area contributed by atoms with Crippen LogP contribution in [0.1, 0.15) is 49.7 Å². The molecule has 1 heterocycles. The third-order valence-electron chi connectivity index (χ3n) is 6.75. The zero-order chi connectivity index (χ0) is 24.8. The number of amides is 2. The highest BCUT2D eigenvalue weighted by atomic mass is 16.5. The quantitative estimate of drug-likeness (QED) is 0.478. The van der Waals surface area contributed by atoms with Crippen molar-refractivity contribution in [3.8, 4) is 11.1 Å². The van der Waals surface area contributed by atoms with Gasteiger partial charge in [0.2, 0.25) is 5.91 Å². The lowest BCUT2D eigenvalue weighted by molar-refractivity contribution is -0.142. The number of aliphatic carboxylic acids is 1. The summed E-state index contributed by atoms with van der Waals surface area (Å²) in [7, 11) is 0. The summed E-state index contributed by atoms with van der Waals surface area (Å²) in [5, 5.41) is 14.9. The number of hydrogen-bond donors (Lipinski definition) is 3. The molecule has 3 atom stereocenters. The van der Waals surface area contributed by atoms with Crippen molar-refractivity contribution in [2.45, 2.75) is 50.6 Å². The van der Waals surface area contributed by atoms with Gasteiger partial charge in [0, 0.05) is 18.4 Å². The molecular formula is C27H32N2O6. The van der Waals surface area contributed by atoms with E-state index in [1.165, 1.54) is 0 Å². The number of ether oxygens (including phenoxy) is 2. The first kappa shape index (κ1) is 24.7. The lowest BCUT2D eigenvalue weighted by Crippen LogP contribution is -2.46. The molecule has 8 nitrogen and oxygen atoms in total. The molecule has 186 valence electrons. The van der Waals surface area contributed by atoms with Gasteiger partial charge in [-0.3, -0.25) is 9.59 Å². The second-order valence-electron chi connectivity index (χ2n) is 9.17. The number of carbonyl (C=O) groups is 3. The first-order valence-corrected chi connectivity index (χ1v) is 12.2. The minimum atomic E-state index is -0.993. The van der Waals surface area contributed by atoms with E-state index in [4.69, 9.17) is 9.47 Å². The molecule has 0 aromatic heterocycles. The minimum Gasteiger partial charge on any atom is -0.481 e. The molecule has 1 aliphatic heterocycles. The summed E-state index contributed by atoms with van der Waals surface area (Å²) < 4.78 is 10.8. The van der Waals surface area contributed by atoms with Crippen molar-refractivity contribution in [3.63, 3.8) is 0 Å². The maximum Gasteiger partial charge on any atom is 0.407 e. The first-order valence-electron chi connectivity index (χ1n) is 12.2. The summed E-state index contributed by atoms with van der Waals surface area (Å²) in [5.74, 6) is -2.11. The van der Waals surface area contributed by atoms with Crippen molar-refractivity contribution in [2.24, 2.45) is 5.92 Å². The number of carbonyl (C=O) groups excluding carboxylic acids is 2. The van der Waals surface area contributed by atoms with Gasteiger partial charge in [0.1, 0.15) is 12.5 Å². The number of nitrogens with one attached hydrogen (secondary N) is 2. The molecule has 1 saturated heterocycles. The normalized spacial score (nSPS) is 19.5. The van der Waals surface area contributed by atoms with Gasteiger partial charge in [-0.05, 0) is 28.7 Å². The zero-order valence-electron chi connectivity index (χ0n) is 19.9. The van der Waals surface area contributed by atoms with Crippen molar-refractivity contribution in [1.82, 2.24) is 10.6 Å². The van der Waals surface area contributed by atoms with Crippen molar-refractivity contribution in [1.29, 1.82) is 0 Å². The highest BCUT2D eigenvalue weighted by Crippen LogP contribution is 2.44. The predicted octanol–water partition coefficient (Wildman–Crippen LogP) is 3.69. The molecule has 3 N–H and O–H groups in total.